The first-order valence-electron chi connectivity index (χ1n) is 7.63. The average Bonchev–Trinajstić information content (AvgIpc) is 2.88. The maximum atomic E-state index is 6.02. The molecule has 1 saturated heterocycles. The summed E-state index contributed by atoms with van der Waals surface area (Å²) in [6.45, 7) is 6.47. The van der Waals surface area contributed by atoms with E-state index in [4.69, 9.17) is 10.7 Å². The van der Waals surface area contributed by atoms with Gasteiger partial charge >= 0.3 is 0 Å². The highest BCUT2D eigenvalue weighted by atomic mass is 15.3. The smallest absolute Gasteiger partial charge is 0.131 e. The molecule has 20 heavy (non-hydrogen) atoms. The minimum atomic E-state index is 0.243. The van der Waals surface area contributed by atoms with Gasteiger partial charge in [-0.25, -0.2) is 4.98 Å². The molecule has 1 aliphatic rings. The molecule has 4 nitrogen and oxygen atoms in total. The summed E-state index contributed by atoms with van der Waals surface area (Å²) in [6, 6.07) is 3.14. The van der Waals surface area contributed by atoms with Gasteiger partial charge in [-0.2, -0.15) is 0 Å². The maximum Gasteiger partial charge on any atom is 0.131 e. The van der Waals surface area contributed by atoms with E-state index < -0.39 is 0 Å². The Morgan fingerprint density at radius 2 is 2.25 bits per heavy atom. The number of aromatic nitrogens is 1. The zero-order valence-electron chi connectivity index (χ0n) is 13.3. The topological polar surface area (TPSA) is 45.4 Å². The van der Waals surface area contributed by atoms with Crippen LogP contribution in [-0.2, 0) is 6.42 Å². The Labute approximate surface area is 123 Å². The van der Waals surface area contributed by atoms with Gasteiger partial charge in [-0.3, -0.25) is 0 Å². The Hall–Kier alpha value is -1.13. The van der Waals surface area contributed by atoms with E-state index in [2.05, 4.69) is 43.8 Å². The van der Waals surface area contributed by atoms with Crippen LogP contribution < -0.4 is 10.6 Å². The fourth-order valence-electron chi connectivity index (χ4n) is 2.87. The van der Waals surface area contributed by atoms with Crippen LogP contribution in [0.4, 0.5) is 5.82 Å². The van der Waals surface area contributed by atoms with E-state index in [1.807, 2.05) is 6.20 Å². The third-order valence-corrected chi connectivity index (χ3v) is 4.32. The average molecular weight is 276 g/mol. The van der Waals surface area contributed by atoms with Crippen molar-refractivity contribution in [2.45, 2.75) is 45.2 Å². The van der Waals surface area contributed by atoms with Crippen LogP contribution in [0.1, 0.15) is 30.9 Å². The summed E-state index contributed by atoms with van der Waals surface area (Å²) in [4.78, 5) is 9.41. The lowest BCUT2D eigenvalue weighted by Gasteiger charge is -2.22. The molecule has 0 radical (unpaired) electrons. The van der Waals surface area contributed by atoms with Gasteiger partial charge in [-0.15, -0.1) is 0 Å². The standard InChI is InChI=1S/C16H28N4/c1-5-14(17)9-13-8-12(2)16(18-10-13)20-7-6-15(11-20)19(3)4/h8,10,14-15H,5-7,9,11,17H2,1-4H3. The number of likely N-dealkylation sites (N-methyl/N-ethyl adjacent to an activating group) is 1. The second-order valence-corrected chi connectivity index (χ2v) is 6.21. The molecule has 2 rings (SSSR count). The van der Waals surface area contributed by atoms with Gasteiger partial charge in [0.05, 0.1) is 0 Å². The van der Waals surface area contributed by atoms with Gasteiger partial charge in [0.25, 0.3) is 0 Å². The zero-order valence-corrected chi connectivity index (χ0v) is 13.3. The summed E-state index contributed by atoms with van der Waals surface area (Å²) in [5.41, 5.74) is 8.55. The van der Waals surface area contributed by atoms with Gasteiger partial charge in [-0.1, -0.05) is 13.0 Å². The minimum absolute atomic E-state index is 0.243. The first kappa shape index (κ1) is 15.3. The molecule has 1 aliphatic heterocycles. The molecule has 0 spiro atoms. The number of hydrogen-bond acceptors (Lipinski definition) is 4. The first-order valence-corrected chi connectivity index (χ1v) is 7.63. The van der Waals surface area contributed by atoms with Crippen molar-refractivity contribution in [2.75, 3.05) is 32.1 Å². The number of nitrogens with two attached hydrogens (primary N) is 1. The molecule has 2 unspecified atom stereocenters. The highest BCUT2D eigenvalue weighted by Gasteiger charge is 2.25. The second-order valence-electron chi connectivity index (χ2n) is 6.21. The quantitative estimate of drug-likeness (QED) is 0.891. The summed E-state index contributed by atoms with van der Waals surface area (Å²) >= 11 is 0. The largest absolute Gasteiger partial charge is 0.355 e. The van der Waals surface area contributed by atoms with E-state index in [9.17, 15) is 0 Å². The monoisotopic (exact) mass is 276 g/mol. The number of hydrogen-bond donors (Lipinski definition) is 1. The van der Waals surface area contributed by atoms with Crippen LogP contribution in [-0.4, -0.2) is 49.2 Å². The summed E-state index contributed by atoms with van der Waals surface area (Å²) in [5, 5.41) is 0. The Morgan fingerprint density at radius 3 is 2.80 bits per heavy atom. The third-order valence-electron chi connectivity index (χ3n) is 4.32. The molecular weight excluding hydrogens is 248 g/mol. The molecule has 0 amide bonds. The SMILES string of the molecule is CCC(N)Cc1cnc(N2CCC(N(C)C)C2)c(C)c1. The molecule has 0 bridgehead atoms. The van der Waals surface area contributed by atoms with Crippen molar-refractivity contribution in [3.05, 3.63) is 23.4 Å². The van der Waals surface area contributed by atoms with E-state index in [1.54, 1.807) is 0 Å². The van der Waals surface area contributed by atoms with Crippen LogP contribution in [0.25, 0.3) is 0 Å². The van der Waals surface area contributed by atoms with Crippen LogP contribution in [0.3, 0.4) is 0 Å². The van der Waals surface area contributed by atoms with Gasteiger partial charge in [0.1, 0.15) is 5.82 Å². The van der Waals surface area contributed by atoms with Gasteiger partial charge in [-0.05, 0) is 51.4 Å². The molecule has 1 aromatic heterocycles. The molecular formula is C16H28N4. The lowest BCUT2D eigenvalue weighted by molar-refractivity contribution is 0.315. The Kier molecular flexibility index (Phi) is 5.00. The number of anilines is 1. The predicted octanol–water partition coefficient (Wildman–Crippen LogP) is 1.81. The summed E-state index contributed by atoms with van der Waals surface area (Å²) in [5.74, 6) is 1.14. The number of aryl methyl sites for hydroxylation is 1. The van der Waals surface area contributed by atoms with Crippen LogP contribution in [0.2, 0.25) is 0 Å². The van der Waals surface area contributed by atoms with Crippen molar-refractivity contribution in [3.8, 4) is 0 Å². The fourth-order valence-corrected chi connectivity index (χ4v) is 2.87. The summed E-state index contributed by atoms with van der Waals surface area (Å²) in [7, 11) is 4.31. The van der Waals surface area contributed by atoms with Crippen molar-refractivity contribution in [2.24, 2.45) is 5.73 Å². The Morgan fingerprint density at radius 1 is 1.50 bits per heavy atom. The number of rotatable bonds is 5. The van der Waals surface area contributed by atoms with Crippen LogP contribution in [0.5, 0.6) is 0 Å². The molecule has 112 valence electrons. The van der Waals surface area contributed by atoms with Crippen molar-refractivity contribution < 1.29 is 0 Å². The zero-order chi connectivity index (χ0) is 14.7. The molecule has 2 heterocycles. The van der Waals surface area contributed by atoms with Crippen molar-refractivity contribution in [3.63, 3.8) is 0 Å². The number of pyridine rings is 1. The van der Waals surface area contributed by atoms with E-state index in [-0.39, 0.29) is 6.04 Å². The molecule has 2 N–H and O–H groups in total. The summed E-state index contributed by atoms with van der Waals surface area (Å²) < 4.78 is 0. The van der Waals surface area contributed by atoms with E-state index in [1.165, 1.54) is 17.5 Å². The molecule has 2 atom stereocenters. The van der Waals surface area contributed by atoms with Gasteiger partial charge < -0.3 is 15.5 Å². The maximum absolute atomic E-state index is 6.02. The summed E-state index contributed by atoms with van der Waals surface area (Å²) in [6.07, 6.45) is 5.15. The van der Waals surface area contributed by atoms with Gasteiger partial charge in [0.15, 0.2) is 0 Å². The lowest BCUT2D eigenvalue weighted by Crippen LogP contribution is -2.32. The van der Waals surface area contributed by atoms with Gasteiger partial charge in [0.2, 0.25) is 0 Å². The molecule has 0 aromatic carbocycles. The highest BCUT2D eigenvalue weighted by molar-refractivity contribution is 5.48. The van der Waals surface area contributed by atoms with E-state index >= 15 is 0 Å². The van der Waals surface area contributed by atoms with Crippen molar-refractivity contribution >= 4 is 5.82 Å². The molecule has 1 aromatic rings. The molecule has 0 saturated carbocycles. The Balaban J connectivity index is 2.07. The van der Waals surface area contributed by atoms with E-state index in [0.29, 0.717) is 6.04 Å². The lowest BCUT2D eigenvalue weighted by atomic mass is 10.0. The van der Waals surface area contributed by atoms with Gasteiger partial charge in [0, 0.05) is 31.4 Å². The van der Waals surface area contributed by atoms with Crippen LogP contribution in [0, 0.1) is 6.92 Å². The predicted molar refractivity (Wildman–Crippen MR) is 85.2 cm³/mol. The van der Waals surface area contributed by atoms with Crippen molar-refractivity contribution in [1.29, 1.82) is 0 Å². The van der Waals surface area contributed by atoms with Crippen molar-refractivity contribution in [1.82, 2.24) is 9.88 Å². The number of nitrogens with zero attached hydrogens (tertiary/aromatic N) is 3. The first-order chi connectivity index (χ1) is 9.51. The second kappa shape index (κ2) is 6.55. The Bertz CT molecular complexity index is 444. The molecule has 0 aliphatic carbocycles. The molecule has 4 heteroatoms. The molecule has 1 fully saturated rings. The van der Waals surface area contributed by atoms with E-state index in [0.717, 1.165) is 31.7 Å². The normalized spacial score (nSPS) is 20.7. The highest BCUT2D eigenvalue weighted by Crippen LogP contribution is 2.24. The minimum Gasteiger partial charge on any atom is -0.355 e. The fraction of sp³-hybridized carbons (Fsp3) is 0.688. The van der Waals surface area contributed by atoms with Crippen LogP contribution >= 0.6 is 0 Å². The van der Waals surface area contributed by atoms with Crippen LogP contribution in [0.15, 0.2) is 12.3 Å². The third kappa shape index (κ3) is 3.49.